The molecule has 5 heteroatoms. The molecule has 106 valence electrons. The summed E-state index contributed by atoms with van der Waals surface area (Å²) >= 11 is 0. The predicted molar refractivity (Wildman–Crippen MR) is 74.5 cm³/mol. The summed E-state index contributed by atoms with van der Waals surface area (Å²) in [5.41, 5.74) is 5.59. The predicted octanol–water partition coefficient (Wildman–Crippen LogP) is 1.74. The zero-order chi connectivity index (χ0) is 13.9. The van der Waals surface area contributed by atoms with E-state index in [0.717, 1.165) is 5.69 Å². The van der Waals surface area contributed by atoms with E-state index in [2.05, 4.69) is 15.1 Å². The largest absolute Gasteiger partial charge is 0.368 e. The summed E-state index contributed by atoms with van der Waals surface area (Å²) in [7, 11) is 0. The minimum Gasteiger partial charge on any atom is -0.368 e. The minimum absolute atomic E-state index is 0.348. The molecule has 19 heavy (non-hydrogen) atoms. The van der Waals surface area contributed by atoms with Gasteiger partial charge >= 0.3 is 0 Å². The SMILES string of the molecule is CC(C)(NCc1ccn(C2CCCCC2)n1)C(N)=O. The summed E-state index contributed by atoms with van der Waals surface area (Å²) in [6, 6.07) is 2.56. The number of carbonyl (C=O) groups is 1. The first kappa shape index (κ1) is 14.1. The molecule has 1 aliphatic carbocycles. The van der Waals surface area contributed by atoms with E-state index in [0.29, 0.717) is 12.6 Å². The van der Waals surface area contributed by atoms with E-state index >= 15 is 0 Å². The van der Waals surface area contributed by atoms with Gasteiger partial charge in [-0.25, -0.2) is 0 Å². The van der Waals surface area contributed by atoms with Crippen LogP contribution >= 0.6 is 0 Å². The highest BCUT2D eigenvalue weighted by atomic mass is 16.1. The lowest BCUT2D eigenvalue weighted by Crippen LogP contribution is -2.50. The lowest BCUT2D eigenvalue weighted by atomic mass is 9.96. The maximum Gasteiger partial charge on any atom is 0.237 e. The Morgan fingerprint density at radius 2 is 2.16 bits per heavy atom. The number of nitrogens with zero attached hydrogens (tertiary/aromatic N) is 2. The first-order valence-electron chi connectivity index (χ1n) is 7.08. The maximum absolute atomic E-state index is 11.2. The summed E-state index contributed by atoms with van der Waals surface area (Å²) < 4.78 is 2.08. The summed E-state index contributed by atoms with van der Waals surface area (Å²) in [5.74, 6) is -0.348. The zero-order valence-corrected chi connectivity index (χ0v) is 11.9. The van der Waals surface area contributed by atoms with Gasteiger partial charge in [-0.1, -0.05) is 19.3 Å². The van der Waals surface area contributed by atoms with Crippen LogP contribution in [0.2, 0.25) is 0 Å². The van der Waals surface area contributed by atoms with Crippen molar-refractivity contribution < 1.29 is 4.79 Å². The van der Waals surface area contributed by atoms with Crippen LogP contribution in [-0.4, -0.2) is 21.2 Å². The fourth-order valence-electron chi connectivity index (χ4n) is 2.42. The second-order valence-corrected chi connectivity index (χ2v) is 5.92. The lowest BCUT2D eigenvalue weighted by molar-refractivity contribution is -0.123. The van der Waals surface area contributed by atoms with Gasteiger partial charge in [-0.05, 0) is 32.8 Å². The normalized spacial score (nSPS) is 17.6. The Morgan fingerprint density at radius 1 is 1.47 bits per heavy atom. The zero-order valence-electron chi connectivity index (χ0n) is 11.9. The molecule has 1 amide bonds. The van der Waals surface area contributed by atoms with E-state index in [1.54, 1.807) is 13.8 Å². The molecular weight excluding hydrogens is 240 g/mol. The van der Waals surface area contributed by atoms with Crippen molar-refractivity contribution in [1.82, 2.24) is 15.1 Å². The quantitative estimate of drug-likeness (QED) is 0.851. The summed E-state index contributed by atoms with van der Waals surface area (Å²) in [6.07, 6.45) is 8.44. The van der Waals surface area contributed by atoms with E-state index in [4.69, 9.17) is 5.73 Å². The first-order valence-corrected chi connectivity index (χ1v) is 7.08. The average molecular weight is 264 g/mol. The Kier molecular flexibility index (Phi) is 4.24. The van der Waals surface area contributed by atoms with Crippen molar-refractivity contribution in [3.05, 3.63) is 18.0 Å². The van der Waals surface area contributed by atoms with E-state index < -0.39 is 5.54 Å². The number of rotatable bonds is 5. The molecule has 1 aromatic heterocycles. The number of primary amides is 1. The standard InChI is InChI=1S/C14H24N4O/c1-14(2,13(15)19)16-10-11-8-9-18(17-11)12-6-4-3-5-7-12/h8-9,12,16H,3-7,10H2,1-2H3,(H2,15,19). The van der Waals surface area contributed by atoms with Crippen molar-refractivity contribution in [2.75, 3.05) is 0 Å². The van der Waals surface area contributed by atoms with Gasteiger partial charge in [0, 0.05) is 12.7 Å². The van der Waals surface area contributed by atoms with Crippen LogP contribution in [-0.2, 0) is 11.3 Å². The number of carbonyl (C=O) groups excluding carboxylic acids is 1. The molecule has 0 aromatic carbocycles. The fraction of sp³-hybridized carbons (Fsp3) is 0.714. The highest BCUT2D eigenvalue weighted by Crippen LogP contribution is 2.27. The third-order valence-corrected chi connectivity index (χ3v) is 3.94. The minimum atomic E-state index is -0.700. The van der Waals surface area contributed by atoms with Gasteiger partial charge in [-0.2, -0.15) is 5.10 Å². The topological polar surface area (TPSA) is 72.9 Å². The van der Waals surface area contributed by atoms with Crippen molar-refractivity contribution in [2.24, 2.45) is 5.73 Å². The number of aromatic nitrogens is 2. The molecule has 0 bridgehead atoms. The molecular formula is C14H24N4O. The number of nitrogens with one attached hydrogen (secondary N) is 1. The second kappa shape index (κ2) is 5.74. The van der Waals surface area contributed by atoms with Crippen molar-refractivity contribution >= 4 is 5.91 Å². The first-order chi connectivity index (χ1) is 8.99. The Morgan fingerprint density at radius 3 is 2.79 bits per heavy atom. The molecule has 3 N–H and O–H groups in total. The molecule has 1 aromatic rings. The fourth-order valence-corrected chi connectivity index (χ4v) is 2.42. The number of hydrogen-bond donors (Lipinski definition) is 2. The monoisotopic (exact) mass is 264 g/mol. The lowest BCUT2D eigenvalue weighted by Gasteiger charge is -2.22. The maximum atomic E-state index is 11.2. The molecule has 1 saturated carbocycles. The number of amides is 1. The molecule has 5 nitrogen and oxygen atoms in total. The smallest absolute Gasteiger partial charge is 0.237 e. The molecule has 1 heterocycles. The summed E-state index contributed by atoms with van der Waals surface area (Å²) in [5, 5.41) is 7.74. The van der Waals surface area contributed by atoms with Crippen LogP contribution in [0, 0.1) is 0 Å². The van der Waals surface area contributed by atoms with Crippen molar-refractivity contribution in [3.8, 4) is 0 Å². The van der Waals surface area contributed by atoms with Gasteiger partial charge in [0.15, 0.2) is 0 Å². The molecule has 0 atom stereocenters. The van der Waals surface area contributed by atoms with Gasteiger partial charge in [-0.15, -0.1) is 0 Å². The molecule has 2 rings (SSSR count). The molecule has 0 spiro atoms. The third kappa shape index (κ3) is 3.56. The number of nitrogens with two attached hydrogens (primary N) is 1. The van der Waals surface area contributed by atoms with Crippen molar-refractivity contribution in [3.63, 3.8) is 0 Å². The van der Waals surface area contributed by atoms with Gasteiger partial charge in [0.2, 0.25) is 5.91 Å². The molecule has 0 radical (unpaired) electrons. The highest BCUT2D eigenvalue weighted by molar-refractivity contribution is 5.83. The second-order valence-electron chi connectivity index (χ2n) is 5.92. The van der Waals surface area contributed by atoms with Crippen LogP contribution in [0.15, 0.2) is 12.3 Å². The molecule has 1 fully saturated rings. The van der Waals surface area contributed by atoms with Crippen LogP contribution in [0.4, 0.5) is 0 Å². The average Bonchev–Trinajstić information content (AvgIpc) is 2.86. The van der Waals surface area contributed by atoms with Gasteiger partial charge < -0.3 is 5.73 Å². The van der Waals surface area contributed by atoms with Crippen LogP contribution in [0.3, 0.4) is 0 Å². The van der Waals surface area contributed by atoms with Crippen LogP contribution in [0.5, 0.6) is 0 Å². The van der Waals surface area contributed by atoms with Gasteiger partial charge in [0.1, 0.15) is 0 Å². The van der Waals surface area contributed by atoms with E-state index in [1.165, 1.54) is 32.1 Å². The highest BCUT2D eigenvalue weighted by Gasteiger charge is 2.24. The van der Waals surface area contributed by atoms with E-state index in [1.807, 2.05) is 12.3 Å². The van der Waals surface area contributed by atoms with Crippen LogP contribution in [0.1, 0.15) is 57.7 Å². The molecule has 0 aliphatic heterocycles. The van der Waals surface area contributed by atoms with Crippen LogP contribution in [0.25, 0.3) is 0 Å². The van der Waals surface area contributed by atoms with Gasteiger partial charge in [0.25, 0.3) is 0 Å². The third-order valence-electron chi connectivity index (χ3n) is 3.94. The van der Waals surface area contributed by atoms with Crippen LogP contribution < -0.4 is 11.1 Å². The van der Waals surface area contributed by atoms with Gasteiger partial charge in [-0.3, -0.25) is 14.8 Å². The Bertz CT molecular complexity index is 432. The molecule has 0 saturated heterocycles. The van der Waals surface area contributed by atoms with Crippen molar-refractivity contribution in [2.45, 2.75) is 64.1 Å². The summed E-state index contributed by atoms with van der Waals surface area (Å²) in [6.45, 7) is 4.14. The van der Waals surface area contributed by atoms with E-state index in [-0.39, 0.29) is 5.91 Å². The van der Waals surface area contributed by atoms with Gasteiger partial charge in [0.05, 0.1) is 17.3 Å². The molecule has 0 unspecified atom stereocenters. The Hall–Kier alpha value is -1.36. The summed E-state index contributed by atoms with van der Waals surface area (Å²) in [4.78, 5) is 11.2. The Balaban J connectivity index is 1.92. The number of hydrogen-bond acceptors (Lipinski definition) is 3. The van der Waals surface area contributed by atoms with E-state index in [9.17, 15) is 4.79 Å². The molecule has 1 aliphatic rings. The van der Waals surface area contributed by atoms with Crippen molar-refractivity contribution in [1.29, 1.82) is 0 Å². The Labute approximate surface area is 114 Å².